The number of hydrogen-bond acceptors (Lipinski definition) is 5. The van der Waals surface area contributed by atoms with Crippen LogP contribution in [-0.4, -0.2) is 49.4 Å². The first kappa shape index (κ1) is 24.4. The highest BCUT2D eigenvalue weighted by Gasteiger charge is 2.30. The lowest BCUT2D eigenvalue weighted by molar-refractivity contribution is -0.119. The van der Waals surface area contributed by atoms with Gasteiger partial charge in [-0.05, 0) is 40.5 Å². The van der Waals surface area contributed by atoms with Crippen molar-refractivity contribution in [2.45, 2.75) is 12.0 Å². The third-order valence-electron chi connectivity index (χ3n) is 5.76. The number of hydrogen-bond donors (Lipinski definition) is 3. The van der Waals surface area contributed by atoms with Gasteiger partial charge in [-0.2, -0.15) is 0 Å². The van der Waals surface area contributed by atoms with Crippen LogP contribution in [0.25, 0.3) is 11.1 Å². The van der Waals surface area contributed by atoms with Crippen molar-refractivity contribution in [3.8, 4) is 11.1 Å². The molecule has 4 rings (SSSR count). The molecule has 0 radical (unpaired) electrons. The normalized spacial score (nSPS) is 12.9. The number of aromatic carboxylic acids is 1. The molecule has 0 aliphatic heterocycles. The number of amides is 2. The van der Waals surface area contributed by atoms with Crippen LogP contribution in [0.4, 0.5) is 10.5 Å². The summed E-state index contributed by atoms with van der Waals surface area (Å²) in [6.45, 7) is -0.0393. The van der Waals surface area contributed by atoms with Gasteiger partial charge in [-0.15, -0.1) is 0 Å². The molecule has 3 N–H and O–H groups in total. The second-order valence-electron chi connectivity index (χ2n) is 7.96. The third kappa shape index (κ3) is 5.36. The quantitative estimate of drug-likeness (QED) is 0.385. The SMILES string of the molecule is COC[C@H](NC(=O)OCC1c2ccccc2-c2ccccc21)C(=O)Nc1cc(Br)ccc1C(=O)O. The Morgan fingerprint density at radius 3 is 2.23 bits per heavy atom. The molecule has 35 heavy (non-hydrogen) atoms. The van der Waals surface area contributed by atoms with E-state index >= 15 is 0 Å². The van der Waals surface area contributed by atoms with E-state index in [4.69, 9.17) is 9.47 Å². The average molecular weight is 539 g/mol. The van der Waals surface area contributed by atoms with Crippen molar-refractivity contribution in [2.75, 3.05) is 25.6 Å². The molecular formula is C26H23BrN2O6. The molecule has 0 saturated heterocycles. The zero-order valence-corrected chi connectivity index (χ0v) is 20.4. The molecule has 0 fully saturated rings. The van der Waals surface area contributed by atoms with Crippen LogP contribution in [0.2, 0.25) is 0 Å². The first-order valence-electron chi connectivity index (χ1n) is 10.8. The fourth-order valence-electron chi connectivity index (χ4n) is 4.16. The molecule has 1 aliphatic carbocycles. The van der Waals surface area contributed by atoms with Gasteiger partial charge in [0.25, 0.3) is 0 Å². The maximum Gasteiger partial charge on any atom is 0.407 e. The fraction of sp³-hybridized carbons (Fsp3) is 0.192. The second kappa shape index (κ2) is 10.7. The van der Waals surface area contributed by atoms with Crippen molar-refractivity contribution < 1.29 is 29.0 Å². The molecule has 0 saturated carbocycles. The number of fused-ring (bicyclic) bond motifs is 3. The van der Waals surface area contributed by atoms with E-state index in [0.717, 1.165) is 22.3 Å². The zero-order chi connectivity index (χ0) is 24.9. The summed E-state index contributed by atoms with van der Waals surface area (Å²) in [5, 5.41) is 14.5. The smallest absolute Gasteiger partial charge is 0.407 e. The molecule has 1 aliphatic rings. The molecule has 9 heteroatoms. The van der Waals surface area contributed by atoms with Crippen LogP contribution in [0.3, 0.4) is 0 Å². The average Bonchev–Trinajstić information content (AvgIpc) is 3.16. The number of carbonyl (C=O) groups excluding carboxylic acids is 2. The summed E-state index contributed by atoms with van der Waals surface area (Å²) in [7, 11) is 1.39. The topological polar surface area (TPSA) is 114 Å². The highest BCUT2D eigenvalue weighted by Crippen LogP contribution is 2.44. The van der Waals surface area contributed by atoms with Gasteiger partial charge in [0, 0.05) is 17.5 Å². The Hall–Kier alpha value is -3.69. The van der Waals surface area contributed by atoms with Gasteiger partial charge < -0.3 is 25.2 Å². The Labute approximate surface area is 210 Å². The van der Waals surface area contributed by atoms with E-state index in [1.165, 1.54) is 19.2 Å². The minimum Gasteiger partial charge on any atom is -0.478 e. The van der Waals surface area contributed by atoms with Gasteiger partial charge in [0.1, 0.15) is 12.6 Å². The van der Waals surface area contributed by atoms with Gasteiger partial charge in [-0.3, -0.25) is 4.79 Å². The molecule has 8 nitrogen and oxygen atoms in total. The molecule has 1 atom stereocenters. The van der Waals surface area contributed by atoms with Gasteiger partial charge in [-0.25, -0.2) is 9.59 Å². The number of ether oxygens (including phenoxy) is 2. The van der Waals surface area contributed by atoms with E-state index < -0.39 is 24.0 Å². The standard InChI is InChI=1S/C26H23BrN2O6/c1-34-14-23(24(30)28-22-12-15(27)10-11-20(22)25(31)32)29-26(33)35-13-21-18-8-4-2-6-16(18)17-7-3-5-9-19(17)21/h2-12,21,23H,13-14H2,1H3,(H,28,30)(H,29,33)(H,31,32)/t23-/m0/s1. The number of methoxy groups -OCH3 is 1. The number of carboxylic acids is 1. The van der Waals surface area contributed by atoms with Crippen LogP contribution in [0.15, 0.2) is 71.2 Å². The lowest BCUT2D eigenvalue weighted by Crippen LogP contribution is -2.47. The van der Waals surface area contributed by atoms with Crippen LogP contribution in [0.1, 0.15) is 27.4 Å². The number of rotatable bonds is 8. The first-order chi connectivity index (χ1) is 16.9. The maximum atomic E-state index is 12.8. The predicted molar refractivity (Wildman–Crippen MR) is 134 cm³/mol. The van der Waals surface area contributed by atoms with Crippen LogP contribution in [0.5, 0.6) is 0 Å². The van der Waals surface area contributed by atoms with Gasteiger partial charge >= 0.3 is 12.1 Å². The van der Waals surface area contributed by atoms with E-state index in [2.05, 4.69) is 26.6 Å². The first-order valence-corrected chi connectivity index (χ1v) is 11.6. The molecular weight excluding hydrogens is 516 g/mol. The summed E-state index contributed by atoms with van der Waals surface area (Å²) in [5.41, 5.74) is 4.37. The molecule has 0 unspecified atom stereocenters. The second-order valence-corrected chi connectivity index (χ2v) is 8.88. The van der Waals surface area contributed by atoms with Crippen LogP contribution >= 0.6 is 15.9 Å². The zero-order valence-electron chi connectivity index (χ0n) is 18.8. The summed E-state index contributed by atoms with van der Waals surface area (Å²) >= 11 is 3.26. The molecule has 0 spiro atoms. The Bertz CT molecular complexity index is 1230. The third-order valence-corrected chi connectivity index (χ3v) is 6.25. The number of alkyl carbamates (subject to hydrolysis) is 1. The lowest BCUT2D eigenvalue weighted by Gasteiger charge is -2.20. The number of anilines is 1. The number of halogens is 1. The maximum absolute atomic E-state index is 12.8. The van der Waals surface area contributed by atoms with Crippen molar-refractivity contribution in [3.63, 3.8) is 0 Å². The fourth-order valence-corrected chi connectivity index (χ4v) is 4.52. The van der Waals surface area contributed by atoms with Gasteiger partial charge in [0.2, 0.25) is 5.91 Å². The Balaban J connectivity index is 1.43. The van der Waals surface area contributed by atoms with Gasteiger partial charge in [-0.1, -0.05) is 64.5 Å². The molecule has 180 valence electrons. The molecule has 3 aromatic rings. The molecule has 2 amide bonds. The van der Waals surface area contributed by atoms with E-state index in [-0.39, 0.29) is 30.4 Å². The van der Waals surface area contributed by atoms with Crippen molar-refractivity contribution in [3.05, 3.63) is 87.9 Å². The van der Waals surface area contributed by atoms with Crippen LogP contribution in [-0.2, 0) is 14.3 Å². The Morgan fingerprint density at radius 1 is 1.00 bits per heavy atom. The van der Waals surface area contributed by atoms with Crippen LogP contribution < -0.4 is 10.6 Å². The minimum absolute atomic E-state index is 0.0844. The van der Waals surface area contributed by atoms with Crippen molar-refractivity contribution in [1.29, 1.82) is 0 Å². The van der Waals surface area contributed by atoms with E-state index in [9.17, 15) is 19.5 Å². The monoisotopic (exact) mass is 538 g/mol. The Morgan fingerprint density at radius 2 is 1.63 bits per heavy atom. The van der Waals surface area contributed by atoms with Gasteiger partial charge in [0.15, 0.2) is 0 Å². The van der Waals surface area contributed by atoms with E-state index in [0.29, 0.717) is 4.47 Å². The van der Waals surface area contributed by atoms with Crippen LogP contribution in [0, 0.1) is 0 Å². The number of carbonyl (C=O) groups is 3. The number of carboxylic acid groups (broad SMARTS) is 1. The highest BCUT2D eigenvalue weighted by atomic mass is 79.9. The predicted octanol–water partition coefficient (Wildman–Crippen LogP) is 4.64. The van der Waals surface area contributed by atoms with E-state index in [1.54, 1.807) is 6.07 Å². The van der Waals surface area contributed by atoms with Crippen molar-refractivity contribution >= 4 is 39.6 Å². The van der Waals surface area contributed by atoms with E-state index in [1.807, 2.05) is 48.5 Å². The highest BCUT2D eigenvalue weighted by molar-refractivity contribution is 9.10. The van der Waals surface area contributed by atoms with Gasteiger partial charge in [0.05, 0.1) is 17.9 Å². The molecule has 0 heterocycles. The number of benzene rings is 3. The molecule has 3 aromatic carbocycles. The Kier molecular flexibility index (Phi) is 7.48. The number of nitrogens with one attached hydrogen (secondary N) is 2. The lowest BCUT2D eigenvalue weighted by atomic mass is 9.98. The summed E-state index contributed by atoms with van der Waals surface area (Å²) < 4.78 is 11.2. The summed E-state index contributed by atoms with van der Waals surface area (Å²) in [5.74, 6) is -1.95. The van der Waals surface area contributed by atoms with Crippen molar-refractivity contribution in [2.24, 2.45) is 0 Å². The molecule has 0 bridgehead atoms. The summed E-state index contributed by atoms with van der Waals surface area (Å²) in [6, 6.07) is 19.2. The van der Waals surface area contributed by atoms with Crippen molar-refractivity contribution in [1.82, 2.24) is 5.32 Å². The largest absolute Gasteiger partial charge is 0.478 e. The summed E-state index contributed by atoms with van der Waals surface area (Å²) in [4.78, 5) is 37.0. The minimum atomic E-state index is -1.19. The summed E-state index contributed by atoms with van der Waals surface area (Å²) in [6.07, 6.45) is -0.781. The molecule has 0 aromatic heterocycles.